The zero-order valence-electron chi connectivity index (χ0n) is 44.8. The molecule has 4 aromatic rings. The number of aromatic nitrogens is 2. The lowest BCUT2D eigenvalue weighted by Crippen LogP contribution is -2.63. The van der Waals surface area contributed by atoms with E-state index in [-0.39, 0.29) is 12.8 Å². The lowest BCUT2D eigenvalue weighted by molar-refractivity contribution is -0.137. The first-order valence-electron chi connectivity index (χ1n) is 25.8. The fourth-order valence-corrected chi connectivity index (χ4v) is 8.73. The maximum Gasteiger partial charge on any atom is 0.245 e. The van der Waals surface area contributed by atoms with Crippen LogP contribution in [-0.2, 0) is 60.8 Å². The van der Waals surface area contributed by atoms with Crippen LogP contribution >= 0.6 is 0 Å². The number of hydrogen-bond acceptors (Lipinski definition) is 12. The van der Waals surface area contributed by atoms with E-state index in [1.54, 1.807) is 90.3 Å². The predicted molar refractivity (Wildman–Crippen MR) is 284 cm³/mol. The van der Waals surface area contributed by atoms with Gasteiger partial charge in [-0.15, -0.1) is 0 Å². The van der Waals surface area contributed by atoms with Crippen LogP contribution in [-0.4, -0.2) is 153 Å². The molecule has 77 heavy (non-hydrogen) atoms. The smallest absolute Gasteiger partial charge is 0.245 e. The van der Waals surface area contributed by atoms with E-state index in [9.17, 15) is 58.2 Å². The number of para-hydroxylation sites is 2. The number of aliphatic hydroxyl groups excluding tert-OH is 2. The number of fused-ring (bicyclic) bond motifs is 2. The highest BCUT2D eigenvalue weighted by Gasteiger charge is 2.38. The maximum absolute atomic E-state index is 14.4. The third-order valence-electron chi connectivity index (χ3n) is 13.5. The van der Waals surface area contributed by atoms with E-state index in [1.807, 2.05) is 12.1 Å². The minimum absolute atomic E-state index is 0.128. The molecular formula is C53H74N12O12. The number of benzene rings is 2. The monoisotopic (exact) mass is 1070 g/mol. The molecule has 1 fully saturated rings. The molecule has 14 N–H and O–H groups in total. The van der Waals surface area contributed by atoms with Gasteiger partial charge < -0.3 is 73.3 Å². The quantitative estimate of drug-likeness (QED) is 0.0882. The molecular weight excluding hydrogens is 997 g/mol. The van der Waals surface area contributed by atoms with Gasteiger partial charge in [-0.1, -0.05) is 84.4 Å². The number of rotatable bonds is 10. The topological polar surface area (TPSA) is 363 Å². The van der Waals surface area contributed by atoms with Crippen LogP contribution in [0.25, 0.3) is 21.8 Å². The predicted octanol–water partition coefficient (Wildman–Crippen LogP) is -1.30. The normalized spacial score (nSPS) is 25.2. The largest absolute Gasteiger partial charge is 0.391 e. The van der Waals surface area contributed by atoms with Crippen LogP contribution in [0.2, 0.25) is 0 Å². The Labute approximate surface area is 445 Å². The summed E-state index contributed by atoms with van der Waals surface area (Å²) in [4.78, 5) is 145. The van der Waals surface area contributed by atoms with E-state index in [1.165, 1.54) is 20.8 Å². The third-order valence-corrected chi connectivity index (χ3v) is 13.5. The fourth-order valence-electron chi connectivity index (χ4n) is 8.73. The van der Waals surface area contributed by atoms with Gasteiger partial charge in [0.1, 0.15) is 48.3 Å². The molecule has 1 aliphatic rings. The molecule has 10 amide bonds. The van der Waals surface area contributed by atoms with Crippen molar-refractivity contribution in [3.8, 4) is 0 Å². The Morgan fingerprint density at radius 1 is 0.455 bits per heavy atom. The van der Waals surface area contributed by atoms with Crippen LogP contribution in [0.3, 0.4) is 0 Å². The summed E-state index contributed by atoms with van der Waals surface area (Å²) in [5.41, 5.74) is 2.65. The maximum atomic E-state index is 14.4. The van der Waals surface area contributed by atoms with Gasteiger partial charge in [0.25, 0.3) is 0 Å². The van der Waals surface area contributed by atoms with Gasteiger partial charge >= 0.3 is 0 Å². The van der Waals surface area contributed by atoms with Gasteiger partial charge in [0.15, 0.2) is 0 Å². The second-order valence-electron chi connectivity index (χ2n) is 20.3. The minimum atomic E-state index is -1.71. The van der Waals surface area contributed by atoms with Gasteiger partial charge in [-0.25, -0.2) is 0 Å². The summed E-state index contributed by atoms with van der Waals surface area (Å²) in [7, 11) is 0. The van der Waals surface area contributed by atoms with E-state index < -0.39 is 150 Å². The lowest BCUT2D eigenvalue weighted by atomic mass is 9.97. The number of hydrogen-bond donors (Lipinski definition) is 14. The molecule has 5 rings (SSSR count). The summed E-state index contributed by atoms with van der Waals surface area (Å²) in [5.74, 6) is -10.5. The Morgan fingerprint density at radius 2 is 0.831 bits per heavy atom. The van der Waals surface area contributed by atoms with E-state index in [2.05, 4.69) is 63.1 Å². The van der Waals surface area contributed by atoms with Crippen LogP contribution in [0.15, 0.2) is 60.9 Å². The average Bonchev–Trinajstić information content (AvgIpc) is 4.00. The van der Waals surface area contributed by atoms with E-state index >= 15 is 0 Å². The zero-order chi connectivity index (χ0) is 56.8. The van der Waals surface area contributed by atoms with Gasteiger partial charge in [-0.05, 0) is 61.8 Å². The Hall–Kier alpha value is -7.86. The number of amides is 10. The highest BCUT2D eigenvalue weighted by Crippen LogP contribution is 2.21. The summed E-state index contributed by atoms with van der Waals surface area (Å²) >= 11 is 0. The number of H-pyrrole nitrogens is 2. The lowest BCUT2D eigenvalue weighted by Gasteiger charge is -2.30. The average molecular weight is 1070 g/mol. The molecule has 418 valence electrons. The molecule has 0 radical (unpaired) electrons. The van der Waals surface area contributed by atoms with Gasteiger partial charge in [-0.3, -0.25) is 47.9 Å². The van der Waals surface area contributed by atoms with Gasteiger partial charge in [-0.2, -0.15) is 0 Å². The van der Waals surface area contributed by atoms with Crippen LogP contribution in [0, 0.1) is 17.8 Å². The Morgan fingerprint density at radius 3 is 1.30 bits per heavy atom. The van der Waals surface area contributed by atoms with Crippen molar-refractivity contribution in [2.24, 2.45) is 17.8 Å². The molecule has 24 heteroatoms. The van der Waals surface area contributed by atoms with Gasteiger partial charge in [0.05, 0.1) is 25.3 Å². The molecule has 0 saturated carbocycles. The summed E-state index contributed by atoms with van der Waals surface area (Å²) < 4.78 is 0. The van der Waals surface area contributed by atoms with E-state index in [0.717, 1.165) is 21.8 Å². The highest BCUT2D eigenvalue weighted by molar-refractivity contribution is 5.99. The van der Waals surface area contributed by atoms with Crippen molar-refractivity contribution in [1.82, 2.24) is 63.1 Å². The Kier molecular flexibility index (Phi) is 21.2. The van der Waals surface area contributed by atoms with Crippen molar-refractivity contribution in [3.63, 3.8) is 0 Å². The van der Waals surface area contributed by atoms with Crippen LogP contribution < -0.4 is 53.2 Å². The molecule has 3 heterocycles. The van der Waals surface area contributed by atoms with E-state index in [4.69, 9.17) is 0 Å². The molecule has 1 saturated heterocycles. The van der Waals surface area contributed by atoms with Crippen molar-refractivity contribution in [2.75, 3.05) is 13.1 Å². The first-order valence-corrected chi connectivity index (χ1v) is 25.8. The molecule has 11 atom stereocenters. The highest BCUT2D eigenvalue weighted by atomic mass is 16.3. The molecule has 2 aromatic carbocycles. The van der Waals surface area contributed by atoms with Crippen molar-refractivity contribution in [2.45, 2.75) is 142 Å². The second-order valence-corrected chi connectivity index (χ2v) is 20.3. The summed E-state index contributed by atoms with van der Waals surface area (Å²) in [6.45, 7) is 12.3. The van der Waals surface area contributed by atoms with Crippen LogP contribution in [0.5, 0.6) is 0 Å². The summed E-state index contributed by atoms with van der Waals surface area (Å²) in [6, 6.07) is 2.98. The van der Waals surface area contributed by atoms with Crippen molar-refractivity contribution in [1.29, 1.82) is 0 Å². The Balaban J connectivity index is 1.51. The molecule has 24 nitrogen and oxygen atoms in total. The first kappa shape index (κ1) is 60.0. The van der Waals surface area contributed by atoms with Crippen molar-refractivity contribution >= 4 is 80.9 Å². The van der Waals surface area contributed by atoms with Crippen molar-refractivity contribution < 1.29 is 58.2 Å². The summed E-state index contributed by atoms with van der Waals surface area (Å²) in [5, 5.41) is 48.6. The summed E-state index contributed by atoms with van der Waals surface area (Å²) in [6.07, 6.45) is 0.296. The first-order chi connectivity index (χ1) is 36.4. The molecule has 0 aliphatic carbocycles. The van der Waals surface area contributed by atoms with Crippen molar-refractivity contribution in [3.05, 3.63) is 72.1 Å². The molecule has 0 unspecified atom stereocenters. The molecule has 0 bridgehead atoms. The standard InChI is InChI=1S/C53H74N12O12/c1-10-27(6)43-51(75)58-28(7)46(70)56-23-39(68)61-41(25(2)3)49(73)60-38(20-32-22-55-36-18-14-12-16-34(32)36)48(72)65-45(30(9)67)53(77)63-42(26(4)5)50(74)59-37(19-31-21-54-35-17-13-11-15-33(31)35)47(71)57-24-40(69)62-44(29(8)66)52(76)64-43/h11-18,21-22,25-30,37-38,41-45,54-55,66-67H,10,19-20,23-24H2,1-9H3,(H,56,70)(H,57,71)(H,58,75)(H,59,74)(H,60,73)(H,61,68)(H,62,69)(H,63,77)(H,64,76)(H,65,72)/t27-,28-,29+,30+,37-,38-,41-,42-,43-,44-,45-/m0/s1. The number of aromatic amines is 2. The molecule has 2 aromatic heterocycles. The number of carbonyl (C=O) groups excluding carboxylic acids is 10. The zero-order valence-corrected chi connectivity index (χ0v) is 44.8. The van der Waals surface area contributed by atoms with Gasteiger partial charge in [0.2, 0.25) is 59.1 Å². The van der Waals surface area contributed by atoms with Crippen LogP contribution in [0.1, 0.15) is 79.9 Å². The van der Waals surface area contributed by atoms with Gasteiger partial charge in [0, 0.05) is 47.0 Å². The number of carbonyl (C=O) groups is 10. The molecule has 0 spiro atoms. The number of aliphatic hydroxyl groups is 2. The SMILES string of the molecule is CC[C@H](C)[C@@H]1NC(=O)[C@H]([C@@H](C)O)NC(=O)CNC(=O)[C@H](Cc2c[nH]c3ccccc23)NC(=O)[C@H](C(C)C)NC(=O)[C@H]([C@@H](C)O)NC(=O)[C@H](Cc2c[nH]c3ccccc23)NC(=O)[C@H](C(C)C)NC(=O)CNC(=O)[C@H](C)NC1=O. The fraction of sp³-hybridized carbons (Fsp3) is 0.509. The minimum Gasteiger partial charge on any atom is -0.391 e. The van der Waals surface area contributed by atoms with E-state index in [0.29, 0.717) is 17.5 Å². The number of nitrogens with one attached hydrogen (secondary N) is 12. The molecule has 1 aliphatic heterocycles. The van der Waals surface area contributed by atoms with Crippen LogP contribution in [0.4, 0.5) is 0 Å². The third kappa shape index (κ3) is 16.1. The Bertz CT molecular complexity index is 2790. The second kappa shape index (κ2) is 27.3.